The number of hydrogen-bond acceptors (Lipinski definition) is 2. The molecule has 0 aromatic rings. The molecular weight excluding hydrogens is 344 g/mol. The summed E-state index contributed by atoms with van der Waals surface area (Å²) in [5.41, 5.74) is 1.33. The van der Waals surface area contributed by atoms with Crippen LogP contribution >= 0.6 is 11.6 Å². The molecular formula is C23H31ClO2. The predicted molar refractivity (Wildman–Crippen MR) is 105 cm³/mol. The van der Waals surface area contributed by atoms with Gasteiger partial charge in [-0.2, -0.15) is 0 Å². The van der Waals surface area contributed by atoms with Gasteiger partial charge in [0, 0.05) is 12.3 Å². The first kappa shape index (κ1) is 18.5. The highest BCUT2D eigenvalue weighted by Crippen LogP contribution is 2.68. The van der Waals surface area contributed by atoms with Crippen LogP contribution in [0.15, 0.2) is 24.3 Å². The van der Waals surface area contributed by atoms with Crippen LogP contribution in [0.2, 0.25) is 0 Å². The van der Waals surface area contributed by atoms with Crippen LogP contribution in [0.25, 0.3) is 0 Å². The second kappa shape index (κ2) is 6.06. The average molecular weight is 375 g/mol. The van der Waals surface area contributed by atoms with E-state index in [1.165, 1.54) is 5.57 Å². The van der Waals surface area contributed by atoms with Crippen molar-refractivity contribution in [1.82, 2.24) is 0 Å². The monoisotopic (exact) mass is 374 g/mol. The van der Waals surface area contributed by atoms with Crippen molar-refractivity contribution in [2.45, 2.75) is 64.7 Å². The van der Waals surface area contributed by atoms with Gasteiger partial charge >= 0.3 is 0 Å². The molecule has 4 aliphatic rings. The second-order valence-electron chi connectivity index (χ2n) is 9.83. The number of carbonyl (C=O) groups is 2. The van der Waals surface area contributed by atoms with E-state index in [2.05, 4.69) is 20.4 Å². The second-order valence-corrected chi connectivity index (χ2v) is 10.4. The van der Waals surface area contributed by atoms with Gasteiger partial charge in [0.1, 0.15) is 5.78 Å². The minimum Gasteiger partial charge on any atom is -0.300 e. The summed E-state index contributed by atoms with van der Waals surface area (Å²) < 4.78 is 0. The van der Waals surface area contributed by atoms with Crippen molar-refractivity contribution < 1.29 is 9.59 Å². The highest BCUT2D eigenvalue weighted by molar-refractivity contribution is 6.23. The van der Waals surface area contributed by atoms with Crippen molar-refractivity contribution >= 4 is 23.2 Å². The van der Waals surface area contributed by atoms with E-state index < -0.39 is 0 Å². The standard InChI is InChI=1S/C23H31ClO2/c1-5-14-10-18-16-12-20(24)19-11-15(26)6-8-22(19,3)17(16)7-9-23(18,4)21(14)13(2)25/h5,11,14,16-18,20-21H,1,6-10,12H2,2-4H3/t14-,16-,17+,18+,20-,21+,22-,23+/m1/s1. The molecule has 4 rings (SSSR count). The smallest absolute Gasteiger partial charge is 0.155 e. The van der Waals surface area contributed by atoms with Crippen LogP contribution < -0.4 is 0 Å². The zero-order valence-electron chi connectivity index (χ0n) is 16.3. The Bertz CT molecular complexity index is 694. The zero-order chi connectivity index (χ0) is 18.9. The highest BCUT2D eigenvalue weighted by atomic mass is 35.5. The number of halogens is 1. The van der Waals surface area contributed by atoms with Crippen molar-refractivity contribution in [2.24, 2.45) is 40.4 Å². The van der Waals surface area contributed by atoms with Crippen molar-refractivity contribution in [3.05, 3.63) is 24.3 Å². The Morgan fingerprint density at radius 2 is 2.00 bits per heavy atom. The molecule has 0 radical (unpaired) electrons. The van der Waals surface area contributed by atoms with E-state index in [-0.39, 0.29) is 27.9 Å². The Labute approximate surface area is 162 Å². The van der Waals surface area contributed by atoms with E-state index >= 15 is 0 Å². The molecule has 0 saturated heterocycles. The van der Waals surface area contributed by atoms with E-state index in [0.29, 0.717) is 35.9 Å². The Balaban J connectivity index is 1.74. The third kappa shape index (κ3) is 2.37. The number of alkyl halides is 1. The number of Topliss-reactive ketones (excluding diaryl/α,β-unsaturated/α-hetero) is 1. The van der Waals surface area contributed by atoms with Gasteiger partial charge in [0.05, 0.1) is 5.38 Å². The van der Waals surface area contributed by atoms with Gasteiger partial charge in [-0.25, -0.2) is 0 Å². The molecule has 3 fully saturated rings. The lowest BCUT2D eigenvalue weighted by Gasteiger charge is -2.59. The number of ketones is 2. The molecule has 0 N–H and O–H groups in total. The number of rotatable bonds is 2. The summed E-state index contributed by atoms with van der Waals surface area (Å²) in [7, 11) is 0. The van der Waals surface area contributed by atoms with Crippen molar-refractivity contribution in [1.29, 1.82) is 0 Å². The van der Waals surface area contributed by atoms with E-state index in [1.54, 1.807) is 6.92 Å². The largest absolute Gasteiger partial charge is 0.300 e. The molecule has 0 unspecified atom stereocenters. The molecule has 0 aliphatic heterocycles. The van der Waals surface area contributed by atoms with Gasteiger partial charge < -0.3 is 0 Å². The Kier molecular flexibility index (Phi) is 4.30. The minimum absolute atomic E-state index is 0.0357. The molecule has 4 aliphatic carbocycles. The predicted octanol–water partition coefficient (Wildman–Crippen LogP) is 5.35. The molecule has 0 heterocycles. The lowest BCUT2D eigenvalue weighted by molar-refractivity contribution is -0.129. The first-order chi connectivity index (χ1) is 12.2. The van der Waals surface area contributed by atoms with Crippen LogP contribution in [0.3, 0.4) is 0 Å². The first-order valence-corrected chi connectivity index (χ1v) is 10.7. The van der Waals surface area contributed by atoms with E-state index in [1.807, 2.05) is 12.2 Å². The van der Waals surface area contributed by atoms with E-state index in [9.17, 15) is 9.59 Å². The van der Waals surface area contributed by atoms with Gasteiger partial charge in [-0.15, -0.1) is 18.2 Å². The number of hydrogen-bond donors (Lipinski definition) is 0. The van der Waals surface area contributed by atoms with Crippen LogP contribution in [0.1, 0.15) is 59.3 Å². The van der Waals surface area contributed by atoms with Gasteiger partial charge in [-0.3, -0.25) is 9.59 Å². The van der Waals surface area contributed by atoms with Crippen molar-refractivity contribution in [3.8, 4) is 0 Å². The molecule has 0 amide bonds. The van der Waals surface area contributed by atoms with Crippen LogP contribution in [0.4, 0.5) is 0 Å². The fourth-order valence-electron chi connectivity index (χ4n) is 7.65. The number of fused-ring (bicyclic) bond motifs is 5. The van der Waals surface area contributed by atoms with Gasteiger partial charge in [0.15, 0.2) is 5.78 Å². The van der Waals surface area contributed by atoms with Crippen LogP contribution in [-0.2, 0) is 9.59 Å². The minimum atomic E-state index is -0.0357. The molecule has 3 heteroatoms. The molecule has 3 saturated carbocycles. The fourth-order valence-corrected chi connectivity index (χ4v) is 8.17. The molecule has 2 nitrogen and oxygen atoms in total. The highest BCUT2D eigenvalue weighted by Gasteiger charge is 2.62. The maximum absolute atomic E-state index is 12.5. The molecule has 0 spiro atoms. The van der Waals surface area contributed by atoms with Crippen molar-refractivity contribution in [2.75, 3.05) is 0 Å². The summed E-state index contributed by atoms with van der Waals surface area (Å²) in [4.78, 5) is 24.5. The summed E-state index contributed by atoms with van der Waals surface area (Å²) >= 11 is 6.86. The van der Waals surface area contributed by atoms with Crippen LogP contribution in [0, 0.1) is 40.4 Å². The van der Waals surface area contributed by atoms with E-state index in [4.69, 9.17) is 11.6 Å². The summed E-state index contributed by atoms with van der Waals surface area (Å²) in [5.74, 6) is 2.66. The maximum Gasteiger partial charge on any atom is 0.155 e. The molecule has 8 atom stereocenters. The molecule has 0 aromatic carbocycles. The first-order valence-electron chi connectivity index (χ1n) is 10.2. The fraction of sp³-hybridized carbons (Fsp3) is 0.739. The SMILES string of the molecule is C=C[C@@H]1C[C@H]2[C@@H]3C[C@@H](Cl)C4=CC(=O)CC[C@]4(C)[C@H]3CC[C@]2(C)[C@H]1C(C)=O. The summed E-state index contributed by atoms with van der Waals surface area (Å²) in [6.45, 7) is 10.5. The maximum atomic E-state index is 12.5. The third-order valence-electron chi connectivity index (χ3n) is 8.78. The van der Waals surface area contributed by atoms with Crippen LogP contribution in [0.5, 0.6) is 0 Å². The zero-order valence-corrected chi connectivity index (χ0v) is 17.0. The molecule has 26 heavy (non-hydrogen) atoms. The lowest BCUT2D eigenvalue weighted by Crippen LogP contribution is -2.53. The Morgan fingerprint density at radius 1 is 1.27 bits per heavy atom. The quantitative estimate of drug-likeness (QED) is 0.482. The van der Waals surface area contributed by atoms with E-state index in [0.717, 1.165) is 32.1 Å². The molecule has 0 bridgehead atoms. The van der Waals surface area contributed by atoms with Gasteiger partial charge in [-0.05, 0) is 85.2 Å². The topological polar surface area (TPSA) is 34.1 Å². The lowest BCUT2D eigenvalue weighted by atomic mass is 9.46. The summed E-state index contributed by atoms with van der Waals surface area (Å²) in [6, 6.07) is 0. The van der Waals surface area contributed by atoms with Gasteiger partial charge in [-0.1, -0.05) is 19.9 Å². The number of carbonyl (C=O) groups excluding carboxylic acids is 2. The average Bonchev–Trinajstić information content (AvgIpc) is 2.89. The van der Waals surface area contributed by atoms with Crippen LogP contribution in [-0.4, -0.2) is 16.9 Å². The molecule has 0 aromatic heterocycles. The third-order valence-corrected chi connectivity index (χ3v) is 9.20. The normalized spacial score (nSPS) is 50.3. The Morgan fingerprint density at radius 3 is 2.65 bits per heavy atom. The van der Waals surface area contributed by atoms with Crippen molar-refractivity contribution in [3.63, 3.8) is 0 Å². The van der Waals surface area contributed by atoms with Gasteiger partial charge in [0.25, 0.3) is 0 Å². The number of allylic oxidation sites excluding steroid dienone is 2. The van der Waals surface area contributed by atoms with Gasteiger partial charge in [0.2, 0.25) is 0 Å². The molecule has 142 valence electrons. The summed E-state index contributed by atoms with van der Waals surface area (Å²) in [6.07, 6.45) is 9.77. The Hall–Kier alpha value is -0.890. The summed E-state index contributed by atoms with van der Waals surface area (Å²) in [5, 5.41) is -0.0357.